The predicted molar refractivity (Wildman–Crippen MR) is 129 cm³/mol. The van der Waals surface area contributed by atoms with Gasteiger partial charge in [0.05, 0.1) is 32.4 Å². The summed E-state index contributed by atoms with van der Waals surface area (Å²) in [5.74, 6) is -2.68. The van der Waals surface area contributed by atoms with Gasteiger partial charge in [0.2, 0.25) is 0 Å². The van der Waals surface area contributed by atoms with Gasteiger partial charge in [-0.2, -0.15) is 8.42 Å². The summed E-state index contributed by atoms with van der Waals surface area (Å²) in [6.07, 6.45) is 4.59. The van der Waals surface area contributed by atoms with Crippen molar-refractivity contribution in [3.05, 3.63) is 36.4 Å². The summed E-state index contributed by atoms with van der Waals surface area (Å²) in [5, 5.41) is 71.5. The fourth-order valence-corrected chi connectivity index (χ4v) is 4.16. The van der Waals surface area contributed by atoms with E-state index in [1.807, 2.05) is 0 Å². The third kappa shape index (κ3) is 12.5. The van der Waals surface area contributed by atoms with Crippen molar-refractivity contribution in [2.45, 2.75) is 63.9 Å². The molecule has 2 aromatic heterocycles. The molecule has 0 amide bonds. The summed E-state index contributed by atoms with van der Waals surface area (Å²) in [4.78, 5) is 19.7. The Hall–Kier alpha value is -2.97. The summed E-state index contributed by atoms with van der Waals surface area (Å²) in [6, 6.07) is 0. The molecule has 0 aliphatic heterocycles. The van der Waals surface area contributed by atoms with Gasteiger partial charge in [0.1, 0.15) is 56.2 Å². The lowest BCUT2D eigenvalue weighted by atomic mass is 10.3. The van der Waals surface area contributed by atoms with Crippen molar-refractivity contribution < 1.29 is 72.5 Å². The Bertz CT molecular complexity index is 1040. The minimum Gasteiger partial charge on any atom is -0.550 e. The summed E-state index contributed by atoms with van der Waals surface area (Å²) < 4.78 is 35.6. The van der Waals surface area contributed by atoms with E-state index in [0.717, 1.165) is 0 Å². The maximum Gasteiger partial charge on any atom is 0.285 e. The molecule has 0 spiro atoms. The van der Waals surface area contributed by atoms with Gasteiger partial charge in [-0.3, -0.25) is 4.55 Å². The van der Waals surface area contributed by atoms with Crippen LogP contribution in [0.4, 0.5) is 0 Å². The van der Waals surface area contributed by atoms with E-state index in [0.29, 0.717) is 37.8 Å². The number of aliphatic hydroxyl groups is 6. The first-order valence-corrected chi connectivity index (χ1v) is 13.5. The molecule has 7 N–H and O–H groups in total. The van der Waals surface area contributed by atoms with Crippen LogP contribution in [0.2, 0.25) is 0 Å². The first kappa shape index (κ1) is 37.0. The van der Waals surface area contributed by atoms with Gasteiger partial charge in [-0.25, -0.2) is 18.3 Å². The van der Waals surface area contributed by atoms with Crippen LogP contribution in [-0.4, -0.2) is 96.4 Å². The van der Waals surface area contributed by atoms with E-state index in [1.165, 1.54) is 0 Å². The van der Waals surface area contributed by atoms with Crippen LogP contribution in [0.5, 0.6) is 0 Å². The van der Waals surface area contributed by atoms with Crippen LogP contribution in [-0.2, 0) is 45.9 Å². The lowest BCUT2D eigenvalue weighted by Crippen LogP contribution is -2.44. The molecule has 40 heavy (non-hydrogen) atoms. The van der Waals surface area contributed by atoms with E-state index in [1.54, 1.807) is 56.9 Å². The number of aliphatic hydroxyl groups excluding tert-OH is 6. The average Bonchev–Trinajstić information content (AvgIpc) is 3.42. The second-order valence-corrected chi connectivity index (χ2v) is 9.83. The number of carbonyl (C=O) groups excluding carboxylic acids is 2. The van der Waals surface area contributed by atoms with Crippen molar-refractivity contribution in [1.29, 1.82) is 0 Å². The fourth-order valence-electron chi connectivity index (χ4n) is 3.57. The third-order valence-corrected chi connectivity index (χ3v) is 6.19. The number of carbonyl (C=O) groups is 2. The van der Waals surface area contributed by atoms with E-state index >= 15 is 0 Å². The first-order chi connectivity index (χ1) is 18.7. The molecule has 2 rings (SSSR count). The zero-order valence-corrected chi connectivity index (χ0v) is 23.0. The highest BCUT2D eigenvalue weighted by atomic mass is 32.2. The quantitative estimate of drug-likeness (QED) is 0.0788. The molecule has 3 atom stereocenters. The largest absolute Gasteiger partial charge is 0.550 e. The molecule has 17 nitrogen and oxygen atoms in total. The Morgan fingerprint density at radius 1 is 0.825 bits per heavy atom. The Morgan fingerprint density at radius 2 is 1.20 bits per heavy atom. The Kier molecular flexibility index (Phi) is 17.0. The molecule has 0 saturated heterocycles. The number of nitrogens with zero attached hydrogens (tertiary/aromatic N) is 4. The van der Waals surface area contributed by atoms with Gasteiger partial charge in [0.25, 0.3) is 21.8 Å². The zero-order valence-electron chi connectivity index (χ0n) is 22.2. The van der Waals surface area contributed by atoms with Crippen molar-refractivity contribution in [2.75, 3.05) is 26.4 Å². The number of aliphatic carboxylic acids is 2. The molecule has 0 radical (unpaired) electrons. The van der Waals surface area contributed by atoms with Crippen LogP contribution >= 0.6 is 0 Å². The maximum atomic E-state index is 10.2. The third-order valence-electron chi connectivity index (χ3n) is 5.12. The second kappa shape index (κ2) is 18.4. The van der Waals surface area contributed by atoms with Gasteiger partial charge in [-0.15, -0.1) is 0 Å². The summed E-state index contributed by atoms with van der Waals surface area (Å²) in [7, 11) is -4.94. The molecule has 0 bridgehead atoms. The van der Waals surface area contributed by atoms with E-state index in [9.17, 15) is 38.4 Å². The Labute approximate surface area is 230 Å². The molecule has 0 aliphatic carbocycles. The Morgan fingerprint density at radius 3 is 1.40 bits per heavy atom. The van der Waals surface area contributed by atoms with Crippen LogP contribution in [0, 0.1) is 0 Å². The van der Waals surface area contributed by atoms with Gasteiger partial charge in [-0.05, 0) is 13.8 Å². The van der Waals surface area contributed by atoms with Crippen molar-refractivity contribution in [2.24, 2.45) is 0 Å². The molecule has 0 aliphatic rings. The zero-order chi connectivity index (χ0) is 31.0. The average molecular weight is 599 g/mol. The van der Waals surface area contributed by atoms with E-state index in [2.05, 4.69) is 0 Å². The van der Waals surface area contributed by atoms with E-state index < -0.39 is 45.9 Å². The molecule has 3 unspecified atom stereocenters. The molecule has 18 heteroatoms. The number of carboxylic acids is 2. The smallest absolute Gasteiger partial charge is 0.285 e. The lowest BCUT2D eigenvalue weighted by Gasteiger charge is -2.14. The molecule has 230 valence electrons. The maximum absolute atomic E-state index is 10.2. The van der Waals surface area contributed by atoms with Crippen LogP contribution < -0.4 is 19.3 Å². The Balaban J connectivity index is 0.000000573. The van der Waals surface area contributed by atoms with Crippen LogP contribution in [0.3, 0.4) is 0 Å². The molecular formula is C22H38N4O13S. The van der Waals surface area contributed by atoms with Crippen molar-refractivity contribution >= 4 is 22.1 Å². The van der Waals surface area contributed by atoms with Crippen LogP contribution in [0.25, 0.3) is 0 Å². The summed E-state index contributed by atoms with van der Waals surface area (Å²) in [5.41, 5.74) is 0. The van der Waals surface area contributed by atoms with Crippen LogP contribution in [0.1, 0.15) is 44.1 Å². The molecule has 0 saturated carbocycles. The van der Waals surface area contributed by atoms with Gasteiger partial charge in [0.15, 0.2) is 12.2 Å². The topological polar surface area (TPSA) is 274 Å². The molecule has 0 aromatic carbocycles. The molecule has 0 fully saturated rings. The van der Waals surface area contributed by atoms with Gasteiger partial charge >= 0.3 is 0 Å². The number of rotatable bonds is 14. The summed E-state index contributed by atoms with van der Waals surface area (Å²) in [6.45, 7) is 5.30. The molecular weight excluding hydrogens is 560 g/mol. The van der Waals surface area contributed by atoms with E-state index in [4.69, 9.17) is 25.0 Å². The van der Waals surface area contributed by atoms with E-state index in [-0.39, 0.29) is 26.4 Å². The highest BCUT2D eigenvalue weighted by Crippen LogP contribution is 2.08. The highest BCUT2D eigenvalue weighted by molar-refractivity contribution is 7.87. The number of imidazole rings is 2. The van der Waals surface area contributed by atoms with Crippen molar-refractivity contribution in [3.8, 4) is 0 Å². The first-order valence-electron chi connectivity index (χ1n) is 12.0. The number of hydrogen-bond acceptors (Lipinski definition) is 12. The van der Waals surface area contributed by atoms with Crippen molar-refractivity contribution in [1.82, 2.24) is 9.13 Å². The highest BCUT2D eigenvalue weighted by Gasteiger charge is 2.24. The molecule has 2 aromatic rings. The summed E-state index contributed by atoms with van der Waals surface area (Å²) >= 11 is 0. The van der Waals surface area contributed by atoms with Crippen LogP contribution in [0.15, 0.2) is 24.8 Å². The predicted octanol–water partition coefficient (Wildman–Crippen LogP) is -6.24. The molecule has 2 heterocycles. The number of hydrogen-bond donors (Lipinski definition) is 7. The van der Waals surface area contributed by atoms with Gasteiger partial charge in [-0.1, -0.05) is 0 Å². The standard InChI is InChI=1S/2C9H17N2O3.C4H6O7S/c2*1-8(14)9-10(4-6-12)2-3-11(9)5-7-13;5-3(6)1-2(4(7)8)12(9,10)11/h2*2-3,8,12-14H,4-7H2,1H3;2H,1H2,(H,5,6)(H,7,8)(H,9,10,11)/q2*+1;/p-2. The van der Waals surface area contributed by atoms with Gasteiger partial charge < -0.3 is 50.4 Å². The minimum atomic E-state index is -4.94. The SMILES string of the molecule is CC(O)c1n(CCO)cc[n+]1CCO.CC(O)c1n(CCO)cc[n+]1CCO.O=C([O-])CC(C(=O)[O-])S(=O)(=O)O. The second-order valence-electron chi connectivity index (χ2n) is 8.23. The van der Waals surface area contributed by atoms with Gasteiger partial charge in [0, 0.05) is 12.4 Å². The van der Waals surface area contributed by atoms with Crippen molar-refractivity contribution in [3.63, 3.8) is 0 Å². The minimum absolute atomic E-state index is 0.0352. The number of aromatic nitrogens is 4. The number of carboxylic acid groups (broad SMARTS) is 2. The monoisotopic (exact) mass is 598 g/mol. The lowest BCUT2D eigenvalue weighted by molar-refractivity contribution is -0.708. The fraction of sp³-hybridized carbons (Fsp3) is 0.636. The normalized spacial score (nSPS) is 13.3.